The van der Waals surface area contributed by atoms with Crippen LogP contribution >= 0.6 is 0 Å². The minimum absolute atomic E-state index is 0.251. The van der Waals surface area contributed by atoms with Crippen LogP contribution in [0.1, 0.15) is 46.0 Å². The summed E-state index contributed by atoms with van der Waals surface area (Å²) in [5.74, 6) is -2.01. The third-order valence-electron chi connectivity index (χ3n) is 3.31. The number of likely N-dealkylation sites (tertiary alicyclic amines) is 1. The van der Waals surface area contributed by atoms with Crippen molar-refractivity contribution in [1.29, 1.82) is 0 Å². The summed E-state index contributed by atoms with van der Waals surface area (Å²) in [5.41, 5.74) is 0. The second-order valence-corrected chi connectivity index (χ2v) is 4.36. The van der Waals surface area contributed by atoms with Crippen LogP contribution in [0.3, 0.4) is 0 Å². The van der Waals surface area contributed by atoms with Gasteiger partial charge in [-0.3, -0.25) is 14.5 Å². The van der Waals surface area contributed by atoms with Gasteiger partial charge in [-0.05, 0) is 25.7 Å². The van der Waals surface area contributed by atoms with Crippen LogP contribution in [-0.4, -0.2) is 33.8 Å². The Labute approximate surface area is 101 Å². The number of carboxylic acids is 1. The van der Waals surface area contributed by atoms with Crippen LogP contribution in [0.2, 0.25) is 0 Å². The SMILES string of the molecule is CCC(CC)C(=O)N1C(=O)CCCC1C(=O)O. The molecule has 1 aliphatic rings. The summed E-state index contributed by atoms with van der Waals surface area (Å²) in [5, 5.41) is 9.06. The van der Waals surface area contributed by atoms with Gasteiger partial charge >= 0.3 is 5.97 Å². The molecule has 0 radical (unpaired) electrons. The number of piperidine rings is 1. The number of amides is 2. The Balaban J connectivity index is 2.92. The van der Waals surface area contributed by atoms with Gasteiger partial charge < -0.3 is 5.11 Å². The molecule has 0 aromatic heterocycles. The number of carbonyl (C=O) groups is 3. The van der Waals surface area contributed by atoms with Crippen LogP contribution in [0, 0.1) is 5.92 Å². The van der Waals surface area contributed by atoms with Crippen molar-refractivity contribution in [2.24, 2.45) is 5.92 Å². The zero-order valence-electron chi connectivity index (χ0n) is 10.3. The van der Waals surface area contributed by atoms with Crippen molar-refractivity contribution >= 4 is 17.8 Å². The molecule has 0 saturated carbocycles. The maximum absolute atomic E-state index is 12.1. The van der Waals surface area contributed by atoms with Crippen LogP contribution in [0.4, 0.5) is 0 Å². The lowest BCUT2D eigenvalue weighted by molar-refractivity contribution is -0.162. The standard InChI is InChI=1S/C12H19NO4/c1-3-8(4-2)11(15)13-9(12(16)17)6-5-7-10(13)14/h8-9H,3-7H2,1-2H3,(H,16,17). The highest BCUT2D eigenvalue weighted by molar-refractivity contribution is 6.00. The van der Waals surface area contributed by atoms with Gasteiger partial charge in [0.25, 0.3) is 0 Å². The highest BCUT2D eigenvalue weighted by Crippen LogP contribution is 2.23. The van der Waals surface area contributed by atoms with E-state index < -0.39 is 12.0 Å². The summed E-state index contributed by atoms with van der Waals surface area (Å²) < 4.78 is 0. The quantitative estimate of drug-likeness (QED) is 0.807. The molecule has 0 aromatic carbocycles. The molecule has 96 valence electrons. The van der Waals surface area contributed by atoms with E-state index in [9.17, 15) is 14.4 Å². The van der Waals surface area contributed by atoms with Crippen LogP contribution in [0.5, 0.6) is 0 Å². The lowest BCUT2D eigenvalue weighted by Crippen LogP contribution is -2.52. The van der Waals surface area contributed by atoms with Crippen LogP contribution in [0.25, 0.3) is 0 Å². The number of carboxylic acid groups (broad SMARTS) is 1. The maximum atomic E-state index is 12.1. The molecule has 0 spiro atoms. The minimum Gasteiger partial charge on any atom is -0.480 e. The fraction of sp³-hybridized carbons (Fsp3) is 0.750. The first-order valence-electron chi connectivity index (χ1n) is 6.11. The monoisotopic (exact) mass is 241 g/mol. The van der Waals surface area contributed by atoms with Gasteiger partial charge in [0.1, 0.15) is 6.04 Å². The molecule has 5 heteroatoms. The first-order chi connectivity index (χ1) is 8.02. The average molecular weight is 241 g/mol. The molecular formula is C12H19NO4. The van der Waals surface area contributed by atoms with Crippen molar-refractivity contribution in [1.82, 2.24) is 4.90 Å². The summed E-state index contributed by atoms with van der Waals surface area (Å²) in [6.07, 6.45) is 2.45. The average Bonchev–Trinajstić information content (AvgIpc) is 2.29. The van der Waals surface area contributed by atoms with Gasteiger partial charge in [-0.15, -0.1) is 0 Å². The van der Waals surface area contributed by atoms with Crippen molar-refractivity contribution in [2.45, 2.75) is 52.0 Å². The Bertz CT molecular complexity index is 322. The number of aliphatic carboxylic acids is 1. The summed E-state index contributed by atoms with van der Waals surface area (Å²) in [6, 6.07) is -0.968. The predicted molar refractivity (Wildman–Crippen MR) is 61.2 cm³/mol. The van der Waals surface area contributed by atoms with E-state index >= 15 is 0 Å². The lowest BCUT2D eigenvalue weighted by Gasteiger charge is -2.33. The van der Waals surface area contributed by atoms with Gasteiger partial charge in [0.15, 0.2) is 0 Å². The molecule has 1 fully saturated rings. The molecular weight excluding hydrogens is 222 g/mol. The molecule has 5 nitrogen and oxygen atoms in total. The number of hydrogen-bond donors (Lipinski definition) is 1. The molecule has 1 N–H and O–H groups in total. The highest BCUT2D eigenvalue weighted by atomic mass is 16.4. The van der Waals surface area contributed by atoms with Crippen molar-refractivity contribution < 1.29 is 19.5 Å². The third kappa shape index (κ3) is 2.84. The van der Waals surface area contributed by atoms with E-state index in [2.05, 4.69) is 0 Å². The molecule has 17 heavy (non-hydrogen) atoms. The number of rotatable bonds is 4. The summed E-state index contributed by atoms with van der Waals surface area (Å²) in [7, 11) is 0. The summed E-state index contributed by atoms with van der Waals surface area (Å²) >= 11 is 0. The zero-order valence-corrected chi connectivity index (χ0v) is 10.3. The Morgan fingerprint density at radius 2 is 2.00 bits per heavy atom. The topological polar surface area (TPSA) is 74.7 Å². The van der Waals surface area contributed by atoms with Gasteiger partial charge in [0.05, 0.1) is 0 Å². The first kappa shape index (κ1) is 13.7. The lowest BCUT2D eigenvalue weighted by atomic mass is 9.96. The van der Waals surface area contributed by atoms with Crippen LogP contribution in [0.15, 0.2) is 0 Å². The van der Waals surface area contributed by atoms with E-state index in [0.717, 1.165) is 4.90 Å². The van der Waals surface area contributed by atoms with E-state index in [1.54, 1.807) is 0 Å². The van der Waals surface area contributed by atoms with Crippen molar-refractivity contribution in [3.8, 4) is 0 Å². The molecule has 0 aliphatic carbocycles. The van der Waals surface area contributed by atoms with E-state index in [-0.39, 0.29) is 24.2 Å². The normalized spacial score (nSPS) is 20.8. The van der Waals surface area contributed by atoms with Crippen LogP contribution < -0.4 is 0 Å². The number of nitrogens with zero attached hydrogens (tertiary/aromatic N) is 1. The molecule has 0 aromatic rings. The number of carbonyl (C=O) groups excluding carboxylic acids is 2. The van der Waals surface area contributed by atoms with Crippen molar-refractivity contribution in [3.63, 3.8) is 0 Å². The van der Waals surface area contributed by atoms with E-state index in [1.807, 2.05) is 13.8 Å². The molecule has 1 unspecified atom stereocenters. The molecule has 1 aliphatic heterocycles. The van der Waals surface area contributed by atoms with Gasteiger partial charge in [-0.2, -0.15) is 0 Å². The fourth-order valence-corrected chi connectivity index (χ4v) is 2.22. The van der Waals surface area contributed by atoms with Gasteiger partial charge in [-0.25, -0.2) is 4.79 Å². The van der Waals surface area contributed by atoms with Gasteiger partial charge in [-0.1, -0.05) is 13.8 Å². The van der Waals surface area contributed by atoms with Gasteiger partial charge in [0.2, 0.25) is 11.8 Å². The summed E-state index contributed by atoms with van der Waals surface area (Å²) in [4.78, 5) is 35.9. The van der Waals surface area contributed by atoms with E-state index in [4.69, 9.17) is 5.11 Å². The Kier molecular flexibility index (Phi) is 4.66. The van der Waals surface area contributed by atoms with E-state index in [1.165, 1.54) is 0 Å². The molecule has 0 bridgehead atoms. The molecule has 1 heterocycles. The molecule has 1 saturated heterocycles. The largest absolute Gasteiger partial charge is 0.480 e. The van der Waals surface area contributed by atoms with E-state index in [0.29, 0.717) is 25.7 Å². The zero-order chi connectivity index (χ0) is 13.0. The third-order valence-corrected chi connectivity index (χ3v) is 3.31. The smallest absolute Gasteiger partial charge is 0.326 e. The van der Waals surface area contributed by atoms with Crippen molar-refractivity contribution in [3.05, 3.63) is 0 Å². The molecule has 1 atom stereocenters. The van der Waals surface area contributed by atoms with Crippen molar-refractivity contribution in [2.75, 3.05) is 0 Å². The molecule has 2 amide bonds. The number of hydrogen-bond acceptors (Lipinski definition) is 3. The Morgan fingerprint density at radius 1 is 1.41 bits per heavy atom. The van der Waals surface area contributed by atoms with Crippen LogP contribution in [-0.2, 0) is 14.4 Å². The Hall–Kier alpha value is -1.39. The maximum Gasteiger partial charge on any atom is 0.326 e. The second kappa shape index (κ2) is 5.80. The first-order valence-corrected chi connectivity index (χ1v) is 6.11. The van der Waals surface area contributed by atoms with Gasteiger partial charge in [0, 0.05) is 12.3 Å². The highest BCUT2D eigenvalue weighted by Gasteiger charge is 2.39. The number of imide groups is 1. The molecule has 1 rings (SSSR count). The second-order valence-electron chi connectivity index (χ2n) is 4.36. The Morgan fingerprint density at radius 3 is 2.47 bits per heavy atom. The minimum atomic E-state index is -1.09. The fourth-order valence-electron chi connectivity index (χ4n) is 2.22. The predicted octanol–water partition coefficient (Wildman–Crippen LogP) is 1.41. The summed E-state index contributed by atoms with van der Waals surface area (Å²) in [6.45, 7) is 3.74.